The van der Waals surface area contributed by atoms with Crippen molar-refractivity contribution in [2.24, 2.45) is 20.5 Å². The zero-order valence-corrected chi connectivity index (χ0v) is 27.9. The van der Waals surface area contributed by atoms with Gasteiger partial charge in [0.2, 0.25) is 0 Å². The van der Waals surface area contributed by atoms with Crippen LogP contribution in [0.3, 0.4) is 0 Å². The number of nitrogen functional groups attached to an aromatic ring is 2. The lowest BCUT2D eigenvalue weighted by molar-refractivity contribution is 0.472. The van der Waals surface area contributed by atoms with Crippen LogP contribution in [-0.4, -0.2) is 36.2 Å². The van der Waals surface area contributed by atoms with E-state index < -0.39 is 41.5 Å². The van der Waals surface area contributed by atoms with E-state index in [9.17, 15) is 36.2 Å². The molecule has 6 aromatic carbocycles. The van der Waals surface area contributed by atoms with E-state index in [2.05, 4.69) is 20.5 Å². The quantitative estimate of drug-likeness (QED) is 0.0526. The summed E-state index contributed by atoms with van der Waals surface area (Å²) in [6.45, 7) is 3.61. The average molecular weight is 713 g/mol. The first-order valence-corrected chi connectivity index (χ1v) is 17.5. The van der Waals surface area contributed by atoms with Crippen LogP contribution in [0.1, 0.15) is 11.1 Å². The number of azo groups is 2. The highest BCUT2D eigenvalue weighted by Crippen LogP contribution is 2.44. The van der Waals surface area contributed by atoms with E-state index in [1.807, 2.05) is 25.1 Å². The van der Waals surface area contributed by atoms with E-state index in [0.29, 0.717) is 22.3 Å². The Morgan fingerprint density at radius 1 is 0.560 bits per heavy atom. The Hall–Kier alpha value is -5.94. The molecule has 0 aliphatic carbocycles. The summed E-state index contributed by atoms with van der Waals surface area (Å²) in [6, 6.07) is 21.8. The molecule has 50 heavy (non-hydrogen) atoms. The molecule has 0 aliphatic rings. The third-order valence-corrected chi connectivity index (χ3v) is 9.71. The van der Waals surface area contributed by atoms with Crippen LogP contribution >= 0.6 is 0 Å². The van der Waals surface area contributed by atoms with Crippen molar-refractivity contribution < 1.29 is 36.2 Å². The van der Waals surface area contributed by atoms with Crippen LogP contribution in [0.15, 0.2) is 115 Å². The lowest BCUT2D eigenvalue weighted by Gasteiger charge is -2.11. The summed E-state index contributed by atoms with van der Waals surface area (Å²) in [4.78, 5) is -1.02. The van der Waals surface area contributed by atoms with Crippen molar-refractivity contribution in [3.05, 3.63) is 96.1 Å². The van der Waals surface area contributed by atoms with Crippen LogP contribution in [0, 0.1) is 13.8 Å². The van der Waals surface area contributed by atoms with Gasteiger partial charge in [-0.25, -0.2) is 0 Å². The fourth-order valence-corrected chi connectivity index (χ4v) is 6.71. The minimum Gasteiger partial charge on any atom is -0.505 e. The monoisotopic (exact) mass is 712 g/mol. The minimum atomic E-state index is -4.78. The Kier molecular flexibility index (Phi) is 8.49. The molecule has 0 bridgehead atoms. The summed E-state index contributed by atoms with van der Waals surface area (Å²) in [5.41, 5.74) is 15.7. The number of nitrogens with two attached hydrogens (primary N) is 2. The normalized spacial score (nSPS) is 12.5. The van der Waals surface area contributed by atoms with Gasteiger partial charge in [0.05, 0.1) is 16.3 Å². The number of phenolic OH excluding ortho intramolecular Hbond substituents is 2. The van der Waals surface area contributed by atoms with Crippen molar-refractivity contribution in [1.29, 1.82) is 0 Å². The predicted octanol–water partition coefficient (Wildman–Crippen LogP) is 8.18. The van der Waals surface area contributed by atoms with Crippen molar-refractivity contribution >= 4 is 75.9 Å². The highest BCUT2D eigenvalue weighted by molar-refractivity contribution is 7.86. The highest BCUT2D eigenvalue weighted by atomic mass is 32.2. The van der Waals surface area contributed by atoms with Gasteiger partial charge in [0, 0.05) is 22.1 Å². The third kappa shape index (κ3) is 6.42. The van der Waals surface area contributed by atoms with E-state index in [4.69, 9.17) is 11.5 Å². The molecule has 0 atom stereocenters. The summed E-state index contributed by atoms with van der Waals surface area (Å²) in [5.74, 6) is -0.838. The Balaban J connectivity index is 1.27. The molecule has 14 nitrogen and oxygen atoms in total. The van der Waals surface area contributed by atoms with Crippen LogP contribution in [-0.2, 0) is 20.2 Å². The SMILES string of the molecule is Cc1cc(-c2ccc(N=Nc3c(S(=O)(=O)O)cc4cccc(N)c4c3O)c(C)c2)ccc1N=Nc1ccc2cc(S(=O)(=O)O)cc(N)c2c1O. The van der Waals surface area contributed by atoms with Crippen molar-refractivity contribution in [3.8, 4) is 22.6 Å². The first-order chi connectivity index (χ1) is 23.5. The Bertz CT molecular complexity index is 2680. The maximum Gasteiger partial charge on any atom is 0.296 e. The predicted molar refractivity (Wildman–Crippen MR) is 189 cm³/mol. The van der Waals surface area contributed by atoms with E-state index in [0.717, 1.165) is 22.8 Å². The number of aromatic hydroxyl groups is 2. The van der Waals surface area contributed by atoms with Gasteiger partial charge in [-0.3, -0.25) is 9.11 Å². The van der Waals surface area contributed by atoms with Gasteiger partial charge < -0.3 is 21.7 Å². The lowest BCUT2D eigenvalue weighted by atomic mass is 10.0. The van der Waals surface area contributed by atoms with E-state index >= 15 is 0 Å². The Morgan fingerprint density at radius 3 is 1.68 bits per heavy atom. The van der Waals surface area contributed by atoms with Crippen LogP contribution < -0.4 is 11.5 Å². The number of hydrogen-bond donors (Lipinski definition) is 6. The first kappa shape index (κ1) is 33.9. The largest absolute Gasteiger partial charge is 0.505 e. The number of hydrogen-bond acceptors (Lipinski definition) is 12. The number of aryl methyl sites for hydroxylation is 2. The number of anilines is 2. The van der Waals surface area contributed by atoms with E-state index in [1.165, 1.54) is 30.3 Å². The molecule has 0 saturated carbocycles. The molecular weight excluding hydrogens is 685 g/mol. The van der Waals surface area contributed by atoms with E-state index in [1.54, 1.807) is 37.3 Å². The minimum absolute atomic E-state index is 0.0622. The van der Waals surface area contributed by atoms with Gasteiger partial charge in [-0.15, -0.1) is 10.2 Å². The van der Waals surface area contributed by atoms with Crippen LogP contribution in [0.5, 0.6) is 11.5 Å². The number of fused-ring (bicyclic) bond motifs is 2. The molecule has 6 aromatic rings. The summed E-state index contributed by atoms with van der Waals surface area (Å²) < 4.78 is 66.6. The van der Waals surface area contributed by atoms with Crippen molar-refractivity contribution in [2.75, 3.05) is 11.5 Å². The third-order valence-electron chi connectivity index (χ3n) is 8.01. The van der Waals surface area contributed by atoms with Gasteiger partial charge in [-0.2, -0.15) is 27.1 Å². The maximum absolute atomic E-state index is 12.2. The van der Waals surface area contributed by atoms with Crippen LogP contribution in [0.25, 0.3) is 32.7 Å². The van der Waals surface area contributed by atoms with Gasteiger partial charge in [0.25, 0.3) is 20.2 Å². The first-order valence-electron chi connectivity index (χ1n) is 14.6. The molecule has 0 saturated heterocycles. The molecule has 254 valence electrons. The zero-order chi connectivity index (χ0) is 36.1. The second kappa shape index (κ2) is 12.5. The molecule has 6 rings (SSSR count). The van der Waals surface area contributed by atoms with Crippen molar-refractivity contribution in [1.82, 2.24) is 0 Å². The number of phenols is 2. The van der Waals surface area contributed by atoms with Crippen LogP contribution in [0.2, 0.25) is 0 Å². The van der Waals surface area contributed by atoms with Crippen molar-refractivity contribution in [3.63, 3.8) is 0 Å². The molecule has 0 aromatic heterocycles. The molecule has 0 unspecified atom stereocenters. The van der Waals surface area contributed by atoms with Gasteiger partial charge >= 0.3 is 0 Å². The number of benzene rings is 6. The standard InChI is InChI=1S/C34H28N6O8S2/c1-17-12-19(6-9-26(17)37-39-28-11-8-22-14-23(49(43,44)45)16-25(36)31(22)33(28)41)20-7-10-27(18(2)13-20)38-40-32-29(50(46,47)48)15-21-4-3-5-24(35)30(21)34(32)42/h3-16,41-42H,35-36H2,1-2H3,(H,43,44,45)(H,46,47,48). The molecular formula is C34H28N6O8S2. The Morgan fingerprint density at radius 2 is 1.10 bits per heavy atom. The summed E-state index contributed by atoms with van der Waals surface area (Å²) in [7, 11) is -9.27. The molecule has 0 heterocycles. The molecule has 8 N–H and O–H groups in total. The smallest absolute Gasteiger partial charge is 0.296 e. The van der Waals surface area contributed by atoms with Gasteiger partial charge in [-0.1, -0.05) is 30.3 Å². The van der Waals surface area contributed by atoms with E-state index in [-0.39, 0.29) is 39.0 Å². The topological polar surface area (TPSA) is 251 Å². The molecule has 0 spiro atoms. The molecule has 16 heteroatoms. The molecule has 0 amide bonds. The fourth-order valence-electron chi connectivity index (χ4n) is 5.50. The van der Waals surface area contributed by atoms with Gasteiger partial charge in [-0.05, 0) is 101 Å². The summed E-state index contributed by atoms with van der Waals surface area (Å²) >= 11 is 0. The zero-order valence-electron chi connectivity index (χ0n) is 26.3. The van der Waals surface area contributed by atoms with Crippen LogP contribution in [0.4, 0.5) is 34.1 Å². The fraction of sp³-hybridized carbons (Fsp3) is 0.0588. The number of nitrogens with zero attached hydrogens (tertiary/aromatic N) is 4. The van der Waals surface area contributed by atoms with Crippen molar-refractivity contribution in [2.45, 2.75) is 23.6 Å². The molecule has 0 radical (unpaired) electrons. The lowest BCUT2D eigenvalue weighted by Crippen LogP contribution is -2.00. The second-order valence-electron chi connectivity index (χ2n) is 11.4. The summed E-state index contributed by atoms with van der Waals surface area (Å²) in [6.07, 6.45) is 0. The number of rotatable bonds is 7. The molecule has 0 fully saturated rings. The Labute approximate surface area is 285 Å². The molecule has 0 aliphatic heterocycles. The average Bonchev–Trinajstić information content (AvgIpc) is 3.03. The summed E-state index contributed by atoms with van der Waals surface area (Å²) in [5, 5.41) is 39.3. The maximum atomic E-state index is 12.2. The van der Waals surface area contributed by atoms with Gasteiger partial charge in [0.1, 0.15) is 16.3 Å². The van der Waals surface area contributed by atoms with Gasteiger partial charge in [0.15, 0.2) is 11.5 Å². The second-order valence-corrected chi connectivity index (χ2v) is 14.2. The highest BCUT2D eigenvalue weighted by Gasteiger charge is 2.23.